The predicted octanol–water partition coefficient (Wildman–Crippen LogP) is 4.74. The van der Waals surface area contributed by atoms with Crippen LogP contribution in [0.25, 0.3) is 16.7 Å². The summed E-state index contributed by atoms with van der Waals surface area (Å²) in [4.78, 5) is 26.9. The molecule has 8 nitrogen and oxygen atoms in total. The summed E-state index contributed by atoms with van der Waals surface area (Å²) in [6.45, 7) is 8.82. The average molecular weight is 470 g/mol. The van der Waals surface area contributed by atoms with Gasteiger partial charge >= 0.3 is 6.03 Å². The number of nitrogens with one attached hydrogen (secondary N) is 1. The van der Waals surface area contributed by atoms with Crippen LogP contribution in [0.2, 0.25) is 0 Å². The fraction of sp³-hybridized carbons (Fsp3) is 0.333. The smallest absolute Gasteiger partial charge is 0.321 e. The molecule has 8 heteroatoms. The largest absolute Gasteiger partial charge is 0.352 e. The zero-order chi connectivity index (χ0) is 24.4. The van der Waals surface area contributed by atoms with Gasteiger partial charge in [0, 0.05) is 38.3 Å². The number of aryl methyl sites for hydroxylation is 3. The van der Waals surface area contributed by atoms with Crippen LogP contribution in [0.3, 0.4) is 0 Å². The number of amides is 2. The monoisotopic (exact) mass is 469 g/mol. The first-order chi connectivity index (χ1) is 17.0. The standard InChI is InChI=1S/C27H31N7O/c1-4-9-23-29-25(24-20(3)31-34(26(24)30-23)22-12-6-5-7-13-22)32-14-16-33(17-15-32)27(35)28-21-11-8-10-19(2)18-21/h5-8,10-13,18H,4,9,14-17H2,1-3H3,(H,28,35). The van der Waals surface area contributed by atoms with Crippen LogP contribution in [0, 0.1) is 13.8 Å². The molecule has 1 aliphatic rings. The molecule has 35 heavy (non-hydrogen) atoms. The highest BCUT2D eigenvalue weighted by Gasteiger charge is 2.26. The first kappa shape index (κ1) is 22.8. The van der Waals surface area contributed by atoms with Gasteiger partial charge in [-0.05, 0) is 50.1 Å². The third-order valence-corrected chi connectivity index (χ3v) is 6.34. The highest BCUT2D eigenvalue weighted by atomic mass is 16.2. The second-order valence-corrected chi connectivity index (χ2v) is 9.02. The lowest BCUT2D eigenvalue weighted by molar-refractivity contribution is 0.208. The number of carbonyl (C=O) groups is 1. The molecule has 1 fully saturated rings. The lowest BCUT2D eigenvalue weighted by Gasteiger charge is -2.35. The molecule has 4 aromatic rings. The molecule has 0 saturated carbocycles. The number of benzene rings is 2. The maximum Gasteiger partial charge on any atom is 0.321 e. The first-order valence-corrected chi connectivity index (χ1v) is 12.2. The van der Waals surface area contributed by atoms with Crippen molar-refractivity contribution in [3.8, 4) is 5.69 Å². The van der Waals surface area contributed by atoms with Crippen molar-refractivity contribution in [3.05, 3.63) is 71.7 Å². The summed E-state index contributed by atoms with van der Waals surface area (Å²) < 4.78 is 1.92. The molecule has 2 amide bonds. The van der Waals surface area contributed by atoms with Crippen molar-refractivity contribution in [1.29, 1.82) is 0 Å². The van der Waals surface area contributed by atoms with Crippen LogP contribution in [-0.4, -0.2) is 56.9 Å². The molecule has 0 unspecified atom stereocenters. The SMILES string of the molecule is CCCc1nc(N2CCN(C(=O)Nc3cccc(C)c3)CC2)c2c(C)nn(-c3ccccc3)c2n1. The van der Waals surface area contributed by atoms with Gasteiger partial charge in [-0.15, -0.1) is 0 Å². The lowest BCUT2D eigenvalue weighted by Crippen LogP contribution is -2.50. The number of para-hydroxylation sites is 1. The van der Waals surface area contributed by atoms with Gasteiger partial charge in [-0.3, -0.25) is 0 Å². The number of nitrogens with zero attached hydrogens (tertiary/aromatic N) is 6. The summed E-state index contributed by atoms with van der Waals surface area (Å²) >= 11 is 0. The molecule has 2 aromatic heterocycles. The number of carbonyl (C=O) groups excluding carboxylic acids is 1. The quantitative estimate of drug-likeness (QED) is 0.457. The van der Waals surface area contributed by atoms with E-state index in [1.165, 1.54) is 0 Å². The molecule has 180 valence electrons. The highest BCUT2D eigenvalue weighted by molar-refractivity contribution is 5.92. The van der Waals surface area contributed by atoms with Gasteiger partial charge in [0.2, 0.25) is 0 Å². The van der Waals surface area contributed by atoms with Crippen LogP contribution in [0.4, 0.5) is 16.3 Å². The van der Waals surface area contributed by atoms with Gasteiger partial charge < -0.3 is 15.1 Å². The molecule has 1 N–H and O–H groups in total. The van der Waals surface area contributed by atoms with Gasteiger partial charge in [0.25, 0.3) is 0 Å². The Morgan fingerprint density at radius 3 is 2.46 bits per heavy atom. The van der Waals surface area contributed by atoms with Gasteiger partial charge in [-0.25, -0.2) is 19.4 Å². The van der Waals surface area contributed by atoms with Crippen LogP contribution in [-0.2, 0) is 6.42 Å². The van der Waals surface area contributed by atoms with Crippen molar-refractivity contribution in [3.63, 3.8) is 0 Å². The zero-order valence-corrected chi connectivity index (χ0v) is 20.5. The topological polar surface area (TPSA) is 79.2 Å². The summed E-state index contributed by atoms with van der Waals surface area (Å²) in [5.41, 5.74) is 4.66. The number of rotatable bonds is 5. The number of hydrogen-bond acceptors (Lipinski definition) is 5. The fourth-order valence-electron chi connectivity index (χ4n) is 4.57. The average Bonchev–Trinajstić information content (AvgIpc) is 3.21. The van der Waals surface area contributed by atoms with Crippen LogP contribution in [0.15, 0.2) is 54.6 Å². The summed E-state index contributed by atoms with van der Waals surface area (Å²) in [6.07, 6.45) is 1.77. The number of hydrogen-bond donors (Lipinski definition) is 1. The Hall–Kier alpha value is -3.94. The summed E-state index contributed by atoms with van der Waals surface area (Å²) in [7, 11) is 0. The maximum atomic E-state index is 12.8. The first-order valence-electron chi connectivity index (χ1n) is 12.2. The Morgan fingerprint density at radius 1 is 0.971 bits per heavy atom. The van der Waals surface area contributed by atoms with Gasteiger partial charge in [0.1, 0.15) is 11.6 Å². The van der Waals surface area contributed by atoms with E-state index >= 15 is 0 Å². The molecule has 0 spiro atoms. The van der Waals surface area contributed by atoms with E-state index in [1.807, 2.05) is 78.0 Å². The normalized spacial score (nSPS) is 13.9. The minimum absolute atomic E-state index is 0.0668. The van der Waals surface area contributed by atoms with Crippen LogP contribution in [0.1, 0.15) is 30.4 Å². The summed E-state index contributed by atoms with van der Waals surface area (Å²) in [5.74, 6) is 1.74. The summed E-state index contributed by atoms with van der Waals surface area (Å²) in [6, 6.07) is 17.9. The molecule has 1 aliphatic heterocycles. The Bertz CT molecular complexity index is 1340. The van der Waals surface area contributed by atoms with Crippen molar-refractivity contribution >= 4 is 28.6 Å². The number of urea groups is 1. The van der Waals surface area contributed by atoms with Gasteiger partial charge in [-0.1, -0.05) is 37.3 Å². The van der Waals surface area contributed by atoms with Crippen molar-refractivity contribution in [1.82, 2.24) is 24.6 Å². The predicted molar refractivity (Wildman–Crippen MR) is 139 cm³/mol. The van der Waals surface area contributed by atoms with E-state index in [9.17, 15) is 4.79 Å². The molecule has 5 rings (SSSR count). The zero-order valence-electron chi connectivity index (χ0n) is 20.5. The number of piperazine rings is 1. The van der Waals surface area contributed by atoms with Crippen LogP contribution >= 0.6 is 0 Å². The van der Waals surface area contributed by atoms with Crippen LogP contribution < -0.4 is 10.2 Å². The van der Waals surface area contributed by atoms with E-state index in [0.29, 0.717) is 26.2 Å². The molecule has 0 atom stereocenters. The van der Waals surface area contributed by atoms with Gasteiger partial charge in [-0.2, -0.15) is 5.10 Å². The van der Waals surface area contributed by atoms with Gasteiger partial charge in [0.05, 0.1) is 16.8 Å². The number of aromatic nitrogens is 4. The Kier molecular flexibility index (Phi) is 6.35. The number of fused-ring (bicyclic) bond motifs is 1. The van der Waals surface area contributed by atoms with Crippen LogP contribution in [0.5, 0.6) is 0 Å². The van der Waals surface area contributed by atoms with Gasteiger partial charge in [0.15, 0.2) is 5.65 Å². The second-order valence-electron chi connectivity index (χ2n) is 9.02. The fourth-order valence-corrected chi connectivity index (χ4v) is 4.57. The van der Waals surface area contributed by atoms with E-state index < -0.39 is 0 Å². The summed E-state index contributed by atoms with van der Waals surface area (Å²) in [5, 5.41) is 8.83. The third-order valence-electron chi connectivity index (χ3n) is 6.34. The maximum absolute atomic E-state index is 12.8. The van der Waals surface area contributed by atoms with E-state index in [-0.39, 0.29) is 6.03 Å². The van der Waals surface area contributed by atoms with E-state index in [0.717, 1.165) is 58.1 Å². The Balaban J connectivity index is 1.41. The Morgan fingerprint density at radius 2 is 1.74 bits per heavy atom. The van der Waals surface area contributed by atoms with E-state index in [2.05, 4.69) is 17.1 Å². The lowest BCUT2D eigenvalue weighted by atomic mass is 10.2. The molecule has 0 aliphatic carbocycles. The van der Waals surface area contributed by atoms with Crippen molar-refractivity contribution in [2.45, 2.75) is 33.6 Å². The van der Waals surface area contributed by atoms with Crippen molar-refractivity contribution in [2.24, 2.45) is 0 Å². The van der Waals surface area contributed by atoms with Crippen molar-refractivity contribution < 1.29 is 4.79 Å². The minimum atomic E-state index is -0.0668. The second kappa shape index (κ2) is 9.74. The molecule has 2 aromatic carbocycles. The van der Waals surface area contributed by atoms with Crippen molar-refractivity contribution in [2.75, 3.05) is 36.4 Å². The molecular weight excluding hydrogens is 438 g/mol. The minimum Gasteiger partial charge on any atom is -0.352 e. The molecule has 0 bridgehead atoms. The highest BCUT2D eigenvalue weighted by Crippen LogP contribution is 2.30. The molecule has 1 saturated heterocycles. The third kappa shape index (κ3) is 4.69. The number of anilines is 2. The molecule has 0 radical (unpaired) electrons. The molecular formula is C27H31N7O. The van der Waals surface area contributed by atoms with E-state index in [4.69, 9.17) is 15.1 Å². The van der Waals surface area contributed by atoms with E-state index in [1.54, 1.807) is 0 Å². The molecule has 3 heterocycles. The Labute approximate surface area is 205 Å².